The van der Waals surface area contributed by atoms with E-state index in [0.29, 0.717) is 0 Å². The maximum absolute atomic E-state index is 13.5. The SMILES string of the molecule is CC1(O)C(O)[C@@H](CO)O[C@H]1n1cc(F)c(=S)[nH]c1=S. The number of nitrogens with one attached hydrogen (secondary N) is 1. The summed E-state index contributed by atoms with van der Waals surface area (Å²) in [4.78, 5) is 2.45. The zero-order valence-corrected chi connectivity index (χ0v) is 11.5. The summed E-state index contributed by atoms with van der Waals surface area (Å²) < 4.78 is 19.8. The lowest BCUT2D eigenvalue weighted by Crippen LogP contribution is -2.44. The van der Waals surface area contributed by atoms with E-state index in [1.165, 1.54) is 6.92 Å². The maximum Gasteiger partial charge on any atom is 0.180 e. The van der Waals surface area contributed by atoms with Gasteiger partial charge in [0.2, 0.25) is 0 Å². The second-order valence-corrected chi connectivity index (χ2v) is 5.32. The summed E-state index contributed by atoms with van der Waals surface area (Å²) in [5.41, 5.74) is -1.73. The molecular formula is C10H13FN2O4S2. The molecule has 1 aromatic rings. The van der Waals surface area contributed by atoms with Gasteiger partial charge in [-0.2, -0.15) is 0 Å². The molecule has 4 N–H and O–H groups in total. The van der Waals surface area contributed by atoms with Gasteiger partial charge < -0.3 is 25.0 Å². The van der Waals surface area contributed by atoms with Crippen LogP contribution in [0.5, 0.6) is 0 Å². The lowest BCUT2D eigenvalue weighted by molar-refractivity contribution is -0.0982. The lowest BCUT2D eigenvalue weighted by atomic mass is 9.96. The molecule has 1 aromatic heterocycles. The molecule has 0 amide bonds. The van der Waals surface area contributed by atoms with Gasteiger partial charge in [-0.15, -0.1) is 0 Å². The minimum Gasteiger partial charge on any atom is -0.394 e. The molecule has 0 aliphatic carbocycles. The number of halogens is 1. The summed E-state index contributed by atoms with van der Waals surface area (Å²) in [5.74, 6) is -0.732. The quantitative estimate of drug-likeness (QED) is 0.592. The van der Waals surface area contributed by atoms with E-state index in [4.69, 9.17) is 34.3 Å². The molecule has 1 saturated heterocycles. The van der Waals surface area contributed by atoms with Gasteiger partial charge in [0.05, 0.1) is 6.61 Å². The number of hydrogen-bond donors (Lipinski definition) is 4. The Morgan fingerprint density at radius 3 is 2.74 bits per heavy atom. The van der Waals surface area contributed by atoms with Crippen LogP contribution in [0.25, 0.3) is 0 Å². The van der Waals surface area contributed by atoms with Crippen LogP contribution in [0.4, 0.5) is 4.39 Å². The third-order valence-corrected chi connectivity index (χ3v) is 3.72. The molecule has 2 rings (SSSR count). The van der Waals surface area contributed by atoms with E-state index >= 15 is 0 Å². The highest BCUT2D eigenvalue weighted by Crippen LogP contribution is 2.38. The topological polar surface area (TPSA) is 90.6 Å². The van der Waals surface area contributed by atoms with Crippen LogP contribution in [0.1, 0.15) is 13.2 Å². The average Bonchev–Trinajstić information content (AvgIpc) is 2.56. The first-order valence-electron chi connectivity index (χ1n) is 5.46. The van der Waals surface area contributed by atoms with Crippen molar-refractivity contribution in [2.24, 2.45) is 0 Å². The minimum absolute atomic E-state index is 0.0439. The van der Waals surface area contributed by atoms with Gasteiger partial charge in [-0.1, -0.05) is 12.2 Å². The molecule has 2 heterocycles. The molecule has 4 atom stereocenters. The third kappa shape index (κ3) is 2.37. The summed E-state index contributed by atoms with van der Waals surface area (Å²) in [6.45, 7) is 0.839. The van der Waals surface area contributed by atoms with E-state index in [9.17, 15) is 14.6 Å². The van der Waals surface area contributed by atoms with Crippen molar-refractivity contribution in [1.29, 1.82) is 0 Å². The fourth-order valence-electron chi connectivity index (χ4n) is 2.03. The van der Waals surface area contributed by atoms with Crippen LogP contribution in [-0.2, 0) is 4.74 Å². The van der Waals surface area contributed by atoms with E-state index in [1.807, 2.05) is 0 Å². The van der Waals surface area contributed by atoms with Crippen molar-refractivity contribution in [1.82, 2.24) is 9.55 Å². The minimum atomic E-state index is -1.73. The Morgan fingerprint density at radius 1 is 1.58 bits per heavy atom. The summed E-state index contributed by atoms with van der Waals surface area (Å²) in [7, 11) is 0. The largest absolute Gasteiger partial charge is 0.394 e. The Labute approximate surface area is 118 Å². The van der Waals surface area contributed by atoms with Crippen molar-refractivity contribution < 1.29 is 24.4 Å². The summed E-state index contributed by atoms with van der Waals surface area (Å²) >= 11 is 9.69. The number of H-pyrrole nitrogens is 1. The number of nitrogens with zero attached hydrogens (tertiary/aromatic N) is 1. The highest BCUT2D eigenvalue weighted by molar-refractivity contribution is 7.72. The van der Waals surface area contributed by atoms with Crippen LogP contribution in [-0.4, -0.2) is 49.3 Å². The van der Waals surface area contributed by atoms with E-state index in [0.717, 1.165) is 10.8 Å². The standard InChI is InChI=1S/C10H13FN2O4S2/c1-10(16)6(15)5(3-14)17-8(10)13-2-4(11)7(18)12-9(13)19/h2,5-6,8,14-16H,3H2,1H3,(H,12,18,19)/t5-,6?,8-,10?/m1/s1. The third-order valence-electron chi connectivity index (χ3n) is 3.11. The van der Waals surface area contributed by atoms with Gasteiger partial charge in [0, 0.05) is 6.20 Å². The molecule has 1 fully saturated rings. The smallest absolute Gasteiger partial charge is 0.180 e. The predicted molar refractivity (Wildman–Crippen MR) is 68.0 cm³/mol. The van der Waals surface area contributed by atoms with Crippen LogP contribution in [0.15, 0.2) is 6.20 Å². The van der Waals surface area contributed by atoms with Crippen molar-refractivity contribution in [2.45, 2.75) is 31.0 Å². The molecule has 6 nitrogen and oxygen atoms in total. The Hall–Kier alpha value is -0.710. The maximum atomic E-state index is 13.5. The van der Waals surface area contributed by atoms with Crippen molar-refractivity contribution in [2.75, 3.05) is 6.61 Å². The van der Waals surface area contributed by atoms with Gasteiger partial charge >= 0.3 is 0 Å². The highest BCUT2D eigenvalue weighted by Gasteiger charge is 2.52. The van der Waals surface area contributed by atoms with E-state index in [2.05, 4.69) is 4.98 Å². The molecule has 1 aliphatic rings. The first kappa shape index (κ1) is 14.7. The Morgan fingerprint density at radius 2 is 2.21 bits per heavy atom. The highest BCUT2D eigenvalue weighted by atomic mass is 32.1. The zero-order chi connectivity index (χ0) is 14.4. The molecular weight excluding hydrogens is 295 g/mol. The first-order valence-corrected chi connectivity index (χ1v) is 6.28. The van der Waals surface area contributed by atoms with Gasteiger partial charge in [0.15, 0.2) is 16.8 Å². The summed E-state index contributed by atoms with van der Waals surface area (Å²) in [6.07, 6.45) is -2.44. The number of hydrogen-bond acceptors (Lipinski definition) is 6. The number of ether oxygens (including phenoxy) is 1. The van der Waals surface area contributed by atoms with Crippen molar-refractivity contribution in [3.05, 3.63) is 21.4 Å². The monoisotopic (exact) mass is 308 g/mol. The van der Waals surface area contributed by atoms with Crippen LogP contribution >= 0.6 is 24.4 Å². The predicted octanol–water partition coefficient (Wildman–Crippen LogP) is 0.416. The molecule has 0 saturated carbocycles. The first-order chi connectivity index (χ1) is 8.78. The lowest BCUT2D eigenvalue weighted by Gasteiger charge is -2.28. The Kier molecular flexibility index (Phi) is 3.87. The molecule has 0 radical (unpaired) electrons. The van der Waals surface area contributed by atoms with Crippen molar-refractivity contribution >= 4 is 24.4 Å². The van der Waals surface area contributed by atoms with Gasteiger partial charge in [-0.25, -0.2) is 4.39 Å². The molecule has 0 spiro atoms. The number of rotatable bonds is 2. The molecule has 19 heavy (non-hydrogen) atoms. The second-order valence-electron chi connectivity index (χ2n) is 4.52. The number of aliphatic hydroxyl groups excluding tert-OH is 2. The van der Waals surface area contributed by atoms with Crippen molar-refractivity contribution in [3.63, 3.8) is 0 Å². The van der Waals surface area contributed by atoms with Crippen LogP contribution in [0.3, 0.4) is 0 Å². The number of aliphatic hydroxyl groups is 3. The molecule has 106 valence electrons. The van der Waals surface area contributed by atoms with Gasteiger partial charge in [-0.3, -0.25) is 4.57 Å². The molecule has 9 heteroatoms. The van der Waals surface area contributed by atoms with Gasteiger partial charge in [-0.05, 0) is 19.1 Å². The van der Waals surface area contributed by atoms with E-state index < -0.39 is 36.5 Å². The van der Waals surface area contributed by atoms with Gasteiger partial charge in [0.1, 0.15) is 22.4 Å². The normalized spacial score (nSPS) is 34.7. The van der Waals surface area contributed by atoms with E-state index in [1.54, 1.807) is 0 Å². The number of aromatic amines is 1. The van der Waals surface area contributed by atoms with Crippen LogP contribution < -0.4 is 0 Å². The molecule has 1 aliphatic heterocycles. The molecule has 0 aromatic carbocycles. The summed E-state index contributed by atoms with van der Waals surface area (Å²) in [6, 6.07) is 0. The fourth-order valence-corrected chi connectivity index (χ4v) is 2.49. The van der Waals surface area contributed by atoms with Crippen LogP contribution in [0.2, 0.25) is 0 Å². The van der Waals surface area contributed by atoms with E-state index in [-0.39, 0.29) is 9.41 Å². The Balaban J connectivity index is 2.51. The number of aromatic nitrogens is 2. The van der Waals surface area contributed by atoms with Crippen LogP contribution in [0, 0.1) is 15.2 Å². The zero-order valence-electron chi connectivity index (χ0n) is 9.91. The second kappa shape index (κ2) is 5.00. The fraction of sp³-hybridized carbons (Fsp3) is 0.600. The Bertz CT molecular complexity index is 600. The summed E-state index contributed by atoms with van der Waals surface area (Å²) in [5, 5.41) is 29.2. The molecule has 2 unspecified atom stereocenters. The van der Waals surface area contributed by atoms with Crippen molar-refractivity contribution in [3.8, 4) is 0 Å². The van der Waals surface area contributed by atoms with Gasteiger partial charge in [0.25, 0.3) is 0 Å². The molecule has 0 bridgehead atoms. The average molecular weight is 308 g/mol.